The molecule has 0 amide bonds. The van der Waals surface area contributed by atoms with Gasteiger partial charge in [-0.05, 0) is 108 Å². The summed E-state index contributed by atoms with van der Waals surface area (Å²) in [6.07, 6.45) is 5.27. The molecule has 0 aliphatic heterocycles. The third kappa shape index (κ3) is 7.01. The van der Waals surface area contributed by atoms with E-state index in [4.69, 9.17) is 5.41 Å². The minimum Gasteiger partial charge on any atom is -0.361 e. The maximum Gasteiger partial charge on any atom is 0.100 e. The molecule has 7 aromatic rings. The van der Waals surface area contributed by atoms with Gasteiger partial charge in [-0.1, -0.05) is 78.9 Å². The van der Waals surface area contributed by atoms with Gasteiger partial charge in [-0.2, -0.15) is 15.6 Å². The number of pyridine rings is 1. The Morgan fingerprint density at radius 3 is 2.06 bits per heavy atom. The van der Waals surface area contributed by atoms with Gasteiger partial charge in [-0.25, -0.2) is 0 Å². The third-order valence-corrected chi connectivity index (χ3v) is 9.64. The van der Waals surface area contributed by atoms with E-state index in [-0.39, 0.29) is 0 Å². The predicted molar refractivity (Wildman–Crippen MR) is 213 cm³/mol. The van der Waals surface area contributed by atoms with Crippen LogP contribution < -0.4 is 5.32 Å². The van der Waals surface area contributed by atoms with Crippen molar-refractivity contribution in [2.45, 2.75) is 20.8 Å². The average Bonchev–Trinajstić information content (AvgIpc) is 3.60. The molecular formula is C46H35N7. The van der Waals surface area contributed by atoms with Crippen LogP contribution in [0.25, 0.3) is 50.2 Å². The van der Waals surface area contributed by atoms with Crippen LogP contribution in [-0.2, 0) is 0 Å². The topological polar surface area (TPSA) is 125 Å². The van der Waals surface area contributed by atoms with Crippen LogP contribution in [0.3, 0.4) is 0 Å². The Hall–Kier alpha value is -7.35. The van der Waals surface area contributed by atoms with Crippen molar-refractivity contribution < 1.29 is 0 Å². The van der Waals surface area contributed by atoms with Gasteiger partial charge in [0.05, 0.1) is 29.0 Å². The number of allylic oxidation sites excluding steroid dienone is 1. The van der Waals surface area contributed by atoms with E-state index in [1.54, 1.807) is 12.4 Å². The summed E-state index contributed by atoms with van der Waals surface area (Å²) < 4.78 is 0. The summed E-state index contributed by atoms with van der Waals surface area (Å²) in [5, 5.41) is 39.2. The lowest BCUT2D eigenvalue weighted by Gasteiger charge is -2.14. The number of anilines is 1. The smallest absolute Gasteiger partial charge is 0.100 e. The van der Waals surface area contributed by atoms with Gasteiger partial charge in [0.25, 0.3) is 0 Å². The molecule has 5 aromatic carbocycles. The summed E-state index contributed by atoms with van der Waals surface area (Å²) in [5.41, 5.74) is 16.1. The highest BCUT2D eigenvalue weighted by Crippen LogP contribution is 2.35. The fourth-order valence-corrected chi connectivity index (χ4v) is 6.53. The van der Waals surface area contributed by atoms with Crippen molar-refractivity contribution in [1.29, 1.82) is 15.9 Å². The van der Waals surface area contributed by atoms with E-state index in [0.717, 1.165) is 83.8 Å². The van der Waals surface area contributed by atoms with Gasteiger partial charge in [0, 0.05) is 52.2 Å². The number of aromatic nitrogens is 3. The second-order valence-corrected chi connectivity index (χ2v) is 12.8. The third-order valence-electron chi connectivity index (χ3n) is 9.64. The average molecular weight is 686 g/mol. The van der Waals surface area contributed by atoms with Crippen LogP contribution >= 0.6 is 0 Å². The molecule has 53 heavy (non-hydrogen) atoms. The molecule has 7 rings (SSSR count). The molecule has 0 spiro atoms. The summed E-state index contributed by atoms with van der Waals surface area (Å²) in [6.45, 7) is 6.05. The fourth-order valence-electron chi connectivity index (χ4n) is 6.53. The van der Waals surface area contributed by atoms with Crippen LogP contribution in [-0.4, -0.2) is 20.9 Å². The Balaban J connectivity index is 1.15. The van der Waals surface area contributed by atoms with Gasteiger partial charge in [-0.15, -0.1) is 0 Å². The van der Waals surface area contributed by atoms with Gasteiger partial charge in [-0.3, -0.25) is 15.5 Å². The van der Waals surface area contributed by atoms with Crippen LogP contribution in [0, 0.1) is 48.8 Å². The van der Waals surface area contributed by atoms with E-state index in [9.17, 15) is 10.5 Å². The number of aromatic amines is 1. The monoisotopic (exact) mass is 685 g/mol. The molecule has 0 fully saturated rings. The first-order chi connectivity index (χ1) is 25.8. The number of hydrogen-bond acceptors (Lipinski definition) is 6. The van der Waals surface area contributed by atoms with E-state index in [1.165, 1.54) is 0 Å². The van der Waals surface area contributed by atoms with E-state index < -0.39 is 0 Å². The van der Waals surface area contributed by atoms with Gasteiger partial charge >= 0.3 is 0 Å². The van der Waals surface area contributed by atoms with Gasteiger partial charge in [0.2, 0.25) is 0 Å². The van der Waals surface area contributed by atoms with Crippen molar-refractivity contribution in [2.75, 3.05) is 5.32 Å². The number of nitrogens with zero attached hydrogens (tertiary/aromatic N) is 4. The van der Waals surface area contributed by atoms with E-state index in [1.807, 2.05) is 112 Å². The Morgan fingerprint density at radius 1 is 0.679 bits per heavy atom. The molecule has 2 heterocycles. The molecule has 0 saturated heterocycles. The quantitative estimate of drug-likeness (QED) is 0.130. The Labute approximate surface area is 309 Å². The van der Waals surface area contributed by atoms with E-state index in [0.29, 0.717) is 16.8 Å². The van der Waals surface area contributed by atoms with Crippen molar-refractivity contribution in [3.8, 4) is 56.8 Å². The van der Waals surface area contributed by atoms with E-state index >= 15 is 0 Å². The lowest BCUT2D eigenvalue weighted by Crippen LogP contribution is -2.05. The normalized spacial score (nSPS) is 11.1. The molecule has 7 heteroatoms. The largest absolute Gasteiger partial charge is 0.361 e. The van der Waals surface area contributed by atoms with Crippen LogP contribution in [0.15, 0.2) is 140 Å². The summed E-state index contributed by atoms with van der Waals surface area (Å²) in [4.78, 5) is 4.14. The minimum atomic E-state index is 0.370. The maximum atomic E-state index is 9.45. The van der Waals surface area contributed by atoms with Crippen molar-refractivity contribution >= 4 is 17.0 Å². The number of H-pyrrole nitrogens is 1. The molecular weight excluding hydrogens is 651 g/mol. The maximum absolute atomic E-state index is 9.45. The molecule has 0 bridgehead atoms. The molecule has 254 valence electrons. The highest BCUT2D eigenvalue weighted by Gasteiger charge is 2.16. The van der Waals surface area contributed by atoms with Crippen molar-refractivity contribution in [3.63, 3.8) is 0 Å². The minimum absolute atomic E-state index is 0.370. The molecule has 0 aliphatic rings. The number of hydrogen-bond donors (Lipinski definition) is 3. The number of nitriles is 2. The molecule has 2 aromatic heterocycles. The lowest BCUT2D eigenvalue weighted by atomic mass is 9.91. The molecule has 0 unspecified atom stereocenters. The zero-order valence-corrected chi connectivity index (χ0v) is 29.6. The second kappa shape index (κ2) is 14.9. The molecule has 3 N–H and O–H groups in total. The Bertz CT molecular complexity index is 2560. The summed E-state index contributed by atoms with van der Waals surface area (Å²) in [7, 11) is 0. The van der Waals surface area contributed by atoms with Crippen molar-refractivity contribution in [3.05, 3.63) is 179 Å². The Kier molecular flexibility index (Phi) is 9.57. The highest BCUT2D eigenvalue weighted by molar-refractivity contribution is 6.30. The molecule has 0 atom stereocenters. The molecule has 0 aliphatic carbocycles. The summed E-state index contributed by atoms with van der Waals surface area (Å²) >= 11 is 0. The van der Waals surface area contributed by atoms with Gasteiger partial charge in [0.15, 0.2) is 0 Å². The van der Waals surface area contributed by atoms with Gasteiger partial charge < -0.3 is 5.32 Å². The molecule has 7 nitrogen and oxygen atoms in total. The number of benzene rings is 5. The first-order valence-corrected chi connectivity index (χ1v) is 17.2. The van der Waals surface area contributed by atoms with Crippen LogP contribution in [0.1, 0.15) is 39.1 Å². The first-order valence-electron chi connectivity index (χ1n) is 17.2. The zero-order chi connectivity index (χ0) is 36.9. The summed E-state index contributed by atoms with van der Waals surface area (Å²) in [5.74, 6) is 0. The lowest BCUT2D eigenvalue weighted by molar-refractivity contribution is 1.05. The van der Waals surface area contributed by atoms with Gasteiger partial charge in [0.1, 0.15) is 5.69 Å². The highest BCUT2D eigenvalue weighted by atomic mass is 15.1. The van der Waals surface area contributed by atoms with Crippen molar-refractivity contribution in [2.24, 2.45) is 0 Å². The molecule has 0 radical (unpaired) electrons. The molecule has 0 saturated carbocycles. The summed E-state index contributed by atoms with van der Waals surface area (Å²) in [6, 6.07) is 44.3. The van der Waals surface area contributed by atoms with E-state index in [2.05, 4.69) is 69.0 Å². The number of rotatable bonds is 9. The van der Waals surface area contributed by atoms with Crippen LogP contribution in [0.4, 0.5) is 5.69 Å². The zero-order valence-electron chi connectivity index (χ0n) is 29.6. The van der Waals surface area contributed by atoms with Crippen molar-refractivity contribution in [1.82, 2.24) is 15.2 Å². The van der Waals surface area contributed by atoms with Crippen LogP contribution in [0.2, 0.25) is 0 Å². The Morgan fingerprint density at radius 2 is 1.36 bits per heavy atom. The SMILES string of the molecule is Cc1[nH]nc(-c2ccc(N/C=C(\C(=N)c3ccncc3)c3ccc(-c4ccc(C#N)c(C)c4C)cc3)cc2)c1-c1ccc(-c2cccc(C#N)c2)cc1. The first kappa shape index (κ1) is 34.1. The predicted octanol–water partition coefficient (Wildman–Crippen LogP) is 10.7. The number of nitrogens with one attached hydrogen (secondary N) is 3. The number of aryl methyl sites for hydroxylation is 1. The van der Waals surface area contributed by atoms with Crippen LogP contribution in [0.5, 0.6) is 0 Å². The second-order valence-electron chi connectivity index (χ2n) is 12.8. The fraction of sp³-hybridized carbons (Fsp3) is 0.0652. The standard InChI is InChI=1S/C46H35N7/c1-29-30(2)42(20-17-40(29)27-48)34-9-11-35(12-10-34)43(45(49)37-21-23-50-24-22-37)28-51-41-18-15-38(16-19-41)46-44(31(3)52-53-46)36-13-7-33(8-14-36)39-6-4-5-32(25-39)26-47/h4-25,28,49,51H,1-3H3,(H,52,53)/b43-28-,49-45?.